The minimum atomic E-state index is -0.217. The summed E-state index contributed by atoms with van der Waals surface area (Å²) >= 11 is 0. The molecule has 80 valence electrons. The molecule has 0 spiro atoms. The predicted octanol–water partition coefficient (Wildman–Crippen LogP) is 0.309. The van der Waals surface area contributed by atoms with Gasteiger partial charge < -0.3 is 10.3 Å². The highest BCUT2D eigenvalue weighted by Crippen LogP contribution is 1.93. The molecular formula is C10H13N3O2. The Hall–Kier alpha value is -1.91. The second kappa shape index (κ2) is 5.74. The number of carbonyl (C=O) groups is 1. The maximum atomic E-state index is 10.7. The summed E-state index contributed by atoms with van der Waals surface area (Å²) in [5.41, 5.74) is 0.475. The van der Waals surface area contributed by atoms with E-state index in [0.29, 0.717) is 12.2 Å². The molecule has 1 rings (SSSR count). The van der Waals surface area contributed by atoms with Crippen molar-refractivity contribution < 1.29 is 4.79 Å². The topological polar surface area (TPSA) is 74.8 Å². The van der Waals surface area contributed by atoms with Gasteiger partial charge in [0.25, 0.3) is 5.56 Å². The van der Waals surface area contributed by atoms with Crippen molar-refractivity contribution in [1.29, 1.82) is 0 Å². The van der Waals surface area contributed by atoms with Crippen molar-refractivity contribution in [2.75, 3.05) is 6.54 Å². The average molecular weight is 207 g/mol. The fraction of sp³-hybridized carbons (Fsp3) is 0.300. The van der Waals surface area contributed by atoms with Crippen molar-refractivity contribution in [3.8, 4) is 0 Å². The Morgan fingerprint density at radius 2 is 2.47 bits per heavy atom. The van der Waals surface area contributed by atoms with Gasteiger partial charge in [-0.2, -0.15) is 0 Å². The van der Waals surface area contributed by atoms with Crippen LogP contribution in [0.3, 0.4) is 0 Å². The molecule has 0 saturated heterocycles. The monoisotopic (exact) mass is 207 g/mol. The number of nitrogens with one attached hydrogen (secondary N) is 2. The summed E-state index contributed by atoms with van der Waals surface area (Å²) in [6.07, 6.45) is 7.18. The molecule has 0 aromatic carbocycles. The van der Waals surface area contributed by atoms with E-state index >= 15 is 0 Å². The van der Waals surface area contributed by atoms with Crippen molar-refractivity contribution in [2.24, 2.45) is 0 Å². The third kappa shape index (κ3) is 4.75. The van der Waals surface area contributed by atoms with E-state index in [0.717, 1.165) is 6.42 Å². The van der Waals surface area contributed by atoms with E-state index in [1.165, 1.54) is 19.3 Å². The zero-order chi connectivity index (χ0) is 11.1. The van der Waals surface area contributed by atoms with Gasteiger partial charge in [0, 0.05) is 19.7 Å². The summed E-state index contributed by atoms with van der Waals surface area (Å²) in [4.78, 5) is 27.6. The Labute approximate surface area is 87.2 Å². The molecule has 1 heterocycles. The van der Waals surface area contributed by atoms with Gasteiger partial charge in [0.15, 0.2) is 0 Å². The lowest BCUT2D eigenvalue weighted by Gasteiger charge is -1.96. The number of aromatic nitrogens is 2. The third-order valence-corrected chi connectivity index (χ3v) is 1.67. The third-order valence-electron chi connectivity index (χ3n) is 1.67. The van der Waals surface area contributed by atoms with Gasteiger partial charge in [-0.1, -0.05) is 6.08 Å². The molecule has 15 heavy (non-hydrogen) atoms. The highest BCUT2D eigenvalue weighted by atomic mass is 16.1. The number of aromatic amines is 1. The lowest BCUT2D eigenvalue weighted by atomic mass is 10.3. The molecule has 0 saturated carbocycles. The van der Waals surface area contributed by atoms with Gasteiger partial charge in [0.2, 0.25) is 5.91 Å². The number of rotatable bonds is 4. The lowest BCUT2D eigenvalue weighted by Crippen LogP contribution is -2.20. The first-order chi connectivity index (χ1) is 7.18. The normalized spacial score (nSPS) is 10.5. The number of amides is 1. The number of hydrogen-bond donors (Lipinski definition) is 2. The van der Waals surface area contributed by atoms with E-state index in [1.54, 1.807) is 6.08 Å². The summed E-state index contributed by atoms with van der Waals surface area (Å²) in [5.74, 6) is -0.0365. The van der Waals surface area contributed by atoms with Crippen LogP contribution in [0.15, 0.2) is 23.3 Å². The van der Waals surface area contributed by atoms with Gasteiger partial charge in [-0.05, 0) is 12.5 Å². The fourth-order valence-corrected chi connectivity index (χ4v) is 0.980. The Morgan fingerprint density at radius 3 is 3.07 bits per heavy atom. The Kier molecular flexibility index (Phi) is 4.28. The Morgan fingerprint density at radius 1 is 1.67 bits per heavy atom. The zero-order valence-corrected chi connectivity index (χ0v) is 8.49. The van der Waals surface area contributed by atoms with Crippen molar-refractivity contribution >= 4 is 12.0 Å². The van der Waals surface area contributed by atoms with Crippen LogP contribution in [0.2, 0.25) is 0 Å². The number of hydrogen-bond acceptors (Lipinski definition) is 3. The maximum Gasteiger partial charge on any atom is 0.266 e. The van der Waals surface area contributed by atoms with E-state index in [-0.39, 0.29) is 11.5 Å². The van der Waals surface area contributed by atoms with Gasteiger partial charge in [0.05, 0.1) is 11.9 Å². The lowest BCUT2D eigenvalue weighted by molar-refractivity contribution is -0.118. The van der Waals surface area contributed by atoms with Crippen LogP contribution >= 0.6 is 0 Å². The van der Waals surface area contributed by atoms with Gasteiger partial charge in [-0.3, -0.25) is 9.59 Å². The van der Waals surface area contributed by atoms with E-state index < -0.39 is 0 Å². The number of carbonyl (C=O) groups excluding carboxylic acids is 1. The van der Waals surface area contributed by atoms with E-state index in [4.69, 9.17) is 0 Å². The van der Waals surface area contributed by atoms with Crippen molar-refractivity contribution in [1.82, 2.24) is 15.3 Å². The minimum Gasteiger partial charge on any atom is -0.356 e. The SMILES string of the molecule is CC(=O)NCCC=Cc1c[nH]c(=O)cn1. The first kappa shape index (κ1) is 11.2. The van der Waals surface area contributed by atoms with Crippen LogP contribution in [0.5, 0.6) is 0 Å². The zero-order valence-electron chi connectivity index (χ0n) is 8.49. The van der Waals surface area contributed by atoms with Gasteiger partial charge in [-0.15, -0.1) is 0 Å². The van der Waals surface area contributed by atoms with Gasteiger partial charge in [-0.25, -0.2) is 4.98 Å². The van der Waals surface area contributed by atoms with Crippen LogP contribution < -0.4 is 10.9 Å². The maximum absolute atomic E-state index is 10.7. The van der Waals surface area contributed by atoms with E-state index in [9.17, 15) is 9.59 Å². The van der Waals surface area contributed by atoms with E-state index in [1.807, 2.05) is 6.08 Å². The van der Waals surface area contributed by atoms with E-state index in [2.05, 4.69) is 15.3 Å². The average Bonchev–Trinajstić information content (AvgIpc) is 2.20. The molecule has 0 fully saturated rings. The van der Waals surface area contributed by atoms with Crippen molar-refractivity contribution in [3.63, 3.8) is 0 Å². The van der Waals surface area contributed by atoms with Gasteiger partial charge in [0.1, 0.15) is 0 Å². The van der Waals surface area contributed by atoms with Crippen LogP contribution in [0.1, 0.15) is 19.0 Å². The van der Waals surface area contributed by atoms with Crippen molar-refractivity contribution in [2.45, 2.75) is 13.3 Å². The van der Waals surface area contributed by atoms with Crippen LogP contribution in [-0.4, -0.2) is 22.4 Å². The number of H-pyrrole nitrogens is 1. The quantitative estimate of drug-likeness (QED) is 0.698. The minimum absolute atomic E-state index is 0.0365. The number of nitrogens with zero attached hydrogens (tertiary/aromatic N) is 1. The van der Waals surface area contributed by atoms with Crippen LogP contribution in [0.4, 0.5) is 0 Å². The molecule has 5 nitrogen and oxygen atoms in total. The molecule has 0 unspecified atom stereocenters. The summed E-state index contributed by atoms with van der Waals surface area (Å²) in [6, 6.07) is 0. The largest absolute Gasteiger partial charge is 0.356 e. The standard InChI is InChI=1S/C10H13N3O2/c1-8(14)11-5-3-2-4-9-6-13-10(15)7-12-9/h2,4,6-7H,3,5H2,1H3,(H,11,14)(H,13,15). The molecular weight excluding hydrogens is 194 g/mol. The second-order valence-electron chi connectivity index (χ2n) is 3.01. The van der Waals surface area contributed by atoms with Crippen LogP contribution in [-0.2, 0) is 4.79 Å². The molecule has 0 aliphatic rings. The Bertz CT molecular complexity index is 389. The summed E-state index contributed by atoms with van der Waals surface area (Å²) in [7, 11) is 0. The first-order valence-corrected chi connectivity index (χ1v) is 4.64. The van der Waals surface area contributed by atoms with Gasteiger partial charge >= 0.3 is 0 Å². The van der Waals surface area contributed by atoms with Crippen LogP contribution in [0, 0.1) is 0 Å². The molecule has 0 radical (unpaired) electrons. The fourth-order valence-electron chi connectivity index (χ4n) is 0.980. The highest BCUT2D eigenvalue weighted by Gasteiger charge is 1.89. The molecule has 0 bridgehead atoms. The molecule has 0 atom stereocenters. The molecule has 2 N–H and O–H groups in total. The molecule has 0 aliphatic carbocycles. The molecule has 0 aliphatic heterocycles. The van der Waals surface area contributed by atoms with Crippen molar-refractivity contribution in [3.05, 3.63) is 34.5 Å². The summed E-state index contributed by atoms with van der Waals surface area (Å²) in [5, 5.41) is 2.67. The van der Waals surface area contributed by atoms with Crippen LogP contribution in [0.25, 0.3) is 6.08 Å². The molecule has 1 amide bonds. The Balaban J connectivity index is 2.35. The second-order valence-corrected chi connectivity index (χ2v) is 3.01. The first-order valence-electron chi connectivity index (χ1n) is 4.64. The molecule has 1 aromatic heterocycles. The summed E-state index contributed by atoms with van der Waals surface area (Å²) in [6.45, 7) is 2.09. The predicted molar refractivity (Wildman–Crippen MR) is 57.2 cm³/mol. The molecule has 5 heteroatoms. The highest BCUT2D eigenvalue weighted by molar-refractivity contribution is 5.72. The summed E-state index contributed by atoms with van der Waals surface area (Å²) < 4.78 is 0. The molecule has 1 aromatic rings. The smallest absolute Gasteiger partial charge is 0.266 e.